The van der Waals surface area contributed by atoms with Crippen molar-refractivity contribution in [3.8, 4) is 0 Å². The van der Waals surface area contributed by atoms with Gasteiger partial charge >= 0.3 is 0 Å². The summed E-state index contributed by atoms with van der Waals surface area (Å²) in [4.78, 5) is 0. The SMILES string of the molecule is C=CC(OC)(C(O)c1ccccc1)P(=O)(c1ccccc1)c1ccccc1. The summed E-state index contributed by atoms with van der Waals surface area (Å²) in [7, 11) is -2.01. The van der Waals surface area contributed by atoms with Gasteiger partial charge in [-0.25, -0.2) is 0 Å². The Labute approximate surface area is 160 Å². The zero-order chi connectivity index (χ0) is 19.3. The highest BCUT2D eigenvalue weighted by molar-refractivity contribution is 7.80. The molecule has 0 aliphatic heterocycles. The molecule has 0 fully saturated rings. The zero-order valence-electron chi connectivity index (χ0n) is 15.2. The lowest BCUT2D eigenvalue weighted by Gasteiger charge is -2.41. The molecule has 138 valence electrons. The van der Waals surface area contributed by atoms with Crippen LogP contribution >= 0.6 is 7.14 Å². The van der Waals surface area contributed by atoms with Crippen molar-refractivity contribution in [2.24, 2.45) is 0 Å². The van der Waals surface area contributed by atoms with Crippen molar-refractivity contribution >= 4 is 17.8 Å². The van der Waals surface area contributed by atoms with Crippen molar-refractivity contribution in [2.45, 2.75) is 11.4 Å². The molecule has 27 heavy (non-hydrogen) atoms. The molecule has 2 atom stereocenters. The van der Waals surface area contributed by atoms with Gasteiger partial charge in [0.15, 0.2) is 12.5 Å². The van der Waals surface area contributed by atoms with Gasteiger partial charge in [-0.1, -0.05) is 97.6 Å². The van der Waals surface area contributed by atoms with E-state index in [1.54, 1.807) is 12.1 Å². The highest BCUT2D eigenvalue weighted by atomic mass is 31.2. The molecule has 3 aromatic rings. The second kappa shape index (κ2) is 8.06. The van der Waals surface area contributed by atoms with Gasteiger partial charge in [0.05, 0.1) is 0 Å². The van der Waals surface area contributed by atoms with E-state index in [1.807, 2.05) is 78.9 Å². The number of rotatable bonds is 7. The normalized spacial score (nSPS) is 14.9. The molecule has 0 spiro atoms. The summed E-state index contributed by atoms with van der Waals surface area (Å²) in [6.07, 6.45) is 0.318. The highest BCUT2D eigenvalue weighted by Gasteiger charge is 2.54. The van der Waals surface area contributed by atoms with Crippen LogP contribution in [0.2, 0.25) is 0 Å². The van der Waals surface area contributed by atoms with Crippen molar-refractivity contribution in [2.75, 3.05) is 7.11 Å². The molecule has 0 amide bonds. The van der Waals surface area contributed by atoms with Crippen molar-refractivity contribution in [3.05, 3.63) is 109 Å². The summed E-state index contributed by atoms with van der Waals surface area (Å²) in [6, 6.07) is 27.4. The standard InChI is InChI=1S/C23H23O3P/c1-3-23(26-2,22(24)19-13-7-4-8-14-19)27(25,20-15-9-5-10-16-20)21-17-11-6-12-18-21/h3-18,22,24H,1H2,2H3. The molecule has 0 aliphatic rings. The molecular formula is C23H23O3P. The van der Waals surface area contributed by atoms with Crippen LogP contribution in [0.1, 0.15) is 11.7 Å². The lowest BCUT2D eigenvalue weighted by Crippen LogP contribution is -2.43. The molecule has 0 aromatic heterocycles. The van der Waals surface area contributed by atoms with E-state index in [-0.39, 0.29) is 0 Å². The van der Waals surface area contributed by atoms with Gasteiger partial charge in [-0.3, -0.25) is 0 Å². The second-order valence-corrected chi connectivity index (χ2v) is 9.20. The third-order valence-electron chi connectivity index (χ3n) is 4.86. The Bertz CT molecular complexity index is 882. The highest BCUT2D eigenvalue weighted by Crippen LogP contribution is 2.62. The third-order valence-corrected chi connectivity index (χ3v) is 8.50. The van der Waals surface area contributed by atoms with Crippen LogP contribution in [-0.4, -0.2) is 17.6 Å². The Morgan fingerprint density at radius 1 is 0.889 bits per heavy atom. The number of methoxy groups -OCH3 is 1. The maximum atomic E-state index is 14.8. The largest absolute Gasteiger partial charge is 0.384 e. The van der Waals surface area contributed by atoms with Gasteiger partial charge in [0.1, 0.15) is 6.10 Å². The van der Waals surface area contributed by atoms with Crippen LogP contribution in [-0.2, 0) is 9.30 Å². The number of hydrogen-bond acceptors (Lipinski definition) is 3. The monoisotopic (exact) mass is 378 g/mol. The van der Waals surface area contributed by atoms with Crippen LogP contribution in [0.15, 0.2) is 104 Å². The van der Waals surface area contributed by atoms with E-state index in [4.69, 9.17) is 4.74 Å². The van der Waals surface area contributed by atoms with Crippen molar-refractivity contribution in [1.29, 1.82) is 0 Å². The molecule has 0 saturated heterocycles. The van der Waals surface area contributed by atoms with Gasteiger partial charge in [-0.05, 0) is 11.6 Å². The fourth-order valence-corrected chi connectivity index (χ4v) is 6.74. The van der Waals surface area contributed by atoms with Gasteiger partial charge < -0.3 is 14.4 Å². The van der Waals surface area contributed by atoms with E-state index in [0.29, 0.717) is 16.2 Å². The molecule has 3 aromatic carbocycles. The first-order valence-corrected chi connectivity index (χ1v) is 10.4. The van der Waals surface area contributed by atoms with E-state index in [0.717, 1.165) is 0 Å². The minimum Gasteiger partial charge on any atom is -0.384 e. The van der Waals surface area contributed by atoms with Gasteiger partial charge in [0.2, 0.25) is 0 Å². The molecule has 2 unspecified atom stereocenters. The van der Waals surface area contributed by atoms with Gasteiger partial charge in [0, 0.05) is 17.7 Å². The summed E-state index contributed by atoms with van der Waals surface area (Å²) >= 11 is 0. The van der Waals surface area contributed by atoms with Gasteiger partial charge in [-0.15, -0.1) is 0 Å². The van der Waals surface area contributed by atoms with Crippen molar-refractivity contribution in [3.63, 3.8) is 0 Å². The van der Waals surface area contributed by atoms with E-state index in [9.17, 15) is 9.67 Å². The van der Waals surface area contributed by atoms with Crippen LogP contribution < -0.4 is 10.6 Å². The van der Waals surface area contributed by atoms with E-state index >= 15 is 0 Å². The Kier molecular flexibility index (Phi) is 5.76. The lowest BCUT2D eigenvalue weighted by atomic mass is 10.0. The maximum absolute atomic E-state index is 14.8. The second-order valence-electron chi connectivity index (χ2n) is 6.25. The summed E-state index contributed by atoms with van der Waals surface area (Å²) < 4.78 is 20.6. The van der Waals surface area contributed by atoms with E-state index < -0.39 is 18.6 Å². The summed E-state index contributed by atoms with van der Waals surface area (Å²) in [5.74, 6) is 0. The smallest absolute Gasteiger partial charge is 0.180 e. The van der Waals surface area contributed by atoms with E-state index in [2.05, 4.69) is 6.58 Å². The van der Waals surface area contributed by atoms with E-state index in [1.165, 1.54) is 13.2 Å². The van der Waals surface area contributed by atoms with Crippen LogP contribution in [0.25, 0.3) is 0 Å². The minimum absolute atomic E-state index is 0.605. The first-order valence-electron chi connectivity index (χ1n) is 8.73. The summed E-state index contributed by atoms with van der Waals surface area (Å²) in [5, 5.41) is 11.0. The summed E-state index contributed by atoms with van der Waals surface area (Å²) in [6.45, 7) is 3.91. The van der Waals surface area contributed by atoms with Crippen molar-refractivity contribution in [1.82, 2.24) is 0 Å². The first-order chi connectivity index (χ1) is 13.1. The Hall–Kier alpha value is -2.45. The predicted octanol–water partition coefficient (Wildman–Crippen LogP) is 4.26. The van der Waals surface area contributed by atoms with Crippen LogP contribution in [0.5, 0.6) is 0 Å². The van der Waals surface area contributed by atoms with Crippen molar-refractivity contribution < 1.29 is 14.4 Å². The van der Waals surface area contributed by atoms with Crippen LogP contribution in [0.3, 0.4) is 0 Å². The lowest BCUT2D eigenvalue weighted by molar-refractivity contribution is -0.0148. The number of ether oxygens (including phenoxy) is 1. The van der Waals surface area contributed by atoms with Crippen LogP contribution in [0, 0.1) is 0 Å². The molecule has 3 rings (SSSR count). The quantitative estimate of drug-likeness (QED) is 0.494. The van der Waals surface area contributed by atoms with Gasteiger partial charge in [-0.2, -0.15) is 0 Å². The molecule has 0 heterocycles. The first kappa shape index (κ1) is 19.3. The molecule has 3 nitrogen and oxygen atoms in total. The molecular weight excluding hydrogens is 355 g/mol. The Morgan fingerprint density at radius 2 is 1.30 bits per heavy atom. The number of hydrogen-bond donors (Lipinski definition) is 1. The molecule has 0 saturated carbocycles. The molecule has 4 heteroatoms. The molecule has 0 radical (unpaired) electrons. The Morgan fingerprint density at radius 3 is 1.67 bits per heavy atom. The minimum atomic E-state index is -3.48. The average molecular weight is 378 g/mol. The predicted molar refractivity (Wildman–Crippen MR) is 111 cm³/mol. The topological polar surface area (TPSA) is 46.5 Å². The Balaban J connectivity index is 2.31. The molecule has 0 aliphatic carbocycles. The third kappa shape index (κ3) is 3.19. The fraction of sp³-hybridized carbons (Fsp3) is 0.130. The average Bonchev–Trinajstić information content (AvgIpc) is 2.76. The number of aliphatic hydroxyl groups excluding tert-OH is 1. The number of aliphatic hydroxyl groups is 1. The summed E-state index contributed by atoms with van der Waals surface area (Å²) in [5.41, 5.74) is 0.617. The molecule has 0 bridgehead atoms. The zero-order valence-corrected chi connectivity index (χ0v) is 16.1. The molecule has 1 N–H and O–H groups in total. The van der Waals surface area contributed by atoms with Crippen LogP contribution in [0.4, 0.5) is 0 Å². The van der Waals surface area contributed by atoms with Gasteiger partial charge in [0.25, 0.3) is 0 Å². The fourth-order valence-electron chi connectivity index (χ4n) is 3.44. The number of benzene rings is 3. The maximum Gasteiger partial charge on any atom is 0.180 e.